The van der Waals surface area contributed by atoms with Gasteiger partial charge in [0.25, 0.3) is 0 Å². The van der Waals surface area contributed by atoms with Crippen molar-refractivity contribution >= 4 is 5.65 Å². The summed E-state index contributed by atoms with van der Waals surface area (Å²) in [7, 11) is 0. The molecule has 0 atom stereocenters. The molecule has 0 amide bonds. The third kappa shape index (κ3) is 1.05. The zero-order chi connectivity index (χ0) is 8.55. The van der Waals surface area contributed by atoms with Crippen LogP contribution >= 0.6 is 0 Å². The maximum atomic E-state index is 4.32. The highest BCUT2D eigenvalue weighted by Gasteiger charge is 2.03. The highest BCUT2D eigenvalue weighted by molar-refractivity contribution is 5.34. The molecule has 0 spiro atoms. The van der Waals surface area contributed by atoms with Crippen LogP contribution in [0.4, 0.5) is 0 Å². The molecule has 2 aromatic rings. The fourth-order valence-corrected chi connectivity index (χ4v) is 1.02. The van der Waals surface area contributed by atoms with E-state index in [0.29, 0.717) is 5.92 Å². The van der Waals surface area contributed by atoms with Crippen LogP contribution < -0.4 is 0 Å². The summed E-state index contributed by atoms with van der Waals surface area (Å²) in [6.07, 6.45) is 3.41. The van der Waals surface area contributed by atoms with E-state index in [1.54, 1.807) is 17.0 Å². The van der Waals surface area contributed by atoms with E-state index in [4.69, 9.17) is 0 Å². The van der Waals surface area contributed by atoms with Gasteiger partial charge in [-0.3, -0.25) is 0 Å². The minimum Gasteiger partial charge on any atom is -0.221 e. The standard InChI is InChI=1S/C8H10N4/c1-6(2)8-9-5-12-7(11-8)3-4-10-12/h3-6H,1-2H3. The lowest BCUT2D eigenvalue weighted by Gasteiger charge is -2.01. The second-order valence-corrected chi connectivity index (χ2v) is 3.00. The average Bonchev–Trinajstić information content (AvgIpc) is 2.49. The van der Waals surface area contributed by atoms with Crippen molar-refractivity contribution in [2.24, 2.45) is 0 Å². The molecule has 62 valence electrons. The summed E-state index contributed by atoms with van der Waals surface area (Å²) in [5.41, 5.74) is 0.855. The van der Waals surface area contributed by atoms with Crippen molar-refractivity contribution in [1.82, 2.24) is 19.6 Å². The quantitative estimate of drug-likeness (QED) is 0.633. The Morgan fingerprint density at radius 2 is 2.25 bits per heavy atom. The average molecular weight is 162 g/mol. The predicted octanol–water partition coefficient (Wildman–Crippen LogP) is 1.25. The van der Waals surface area contributed by atoms with E-state index in [1.165, 1.54) is 0 Å². The highest BCUT2D eigenvalue weighted by atomic mass is 15.3. The van der Waals surface area contributed by atoms with Gasteiger partial charge in [-0.15, -0.1) is 0 Å². The number of rotatable bonds is 1. The Kier molecular flexibility index (Phi) is 1.53. The van der Waals surface area contributed by atoms with E-state index >= 15 is 0 Å². The lowest BCUT2D eigenvalue weighted by atomic mass is 10.2. The van der Waals surface area contributed by atoms with Gasteiger partial charge in [0.2, 0.25) is 0 Å². The minimum absolute atomic E-state index is 0.366. The van der Waals surface area contributed by atoms with Crippen LogP contribution in [0.2, 0.25) is 0 Å². The van der Waals surface area contributed by atoms with Crippen LogP contribution in [0.3, 0.4) is 0 Å². The van der Waals surface area contributed by atoms with Crippen LogP contribution in [0.1, 0.15) is 25.6 Å². The Morgan fingerprint density at radius 1 is 1.42 bits per heavy atom. The first kappa shape index (κ1) is 7.21. The Bertz CT molecular complexity index is 391. The van der Waals surface area contributed by atoms with Crippen molar-refractivity contribution in [3.05, 3.63) is 24.4 Å². The Labute approximate surface area is 70.3 Å². The molecule has 0 fully saturated rings. The van der Waals surface area contributed by atoms with Gasteiger partial charge in [-0.25, -0.2) is 14.5 Å². The first-order valence-corrected chi connectivity index (χ1v) is 3.93. The summed E-state index contributed by atoms with van der Waals surface area (Å²) in [4.78, 5) is 8.49. The molecule has 2 heterocycles. The fourth-order valence-electron chi connectivity index (χ4n) is 1.02. The number of aromatic nitrogens is 4. The molecule has 0 radical (unpaired) electrons. The number of fused-ring (bicyclic) bond motifs is 1. The van der Waals surface area contributed by atoms with Gasteiger partial charge >= 0.3 is 0 Å². The zero-order valence-corrected chi connectivity index (χ0v) is 7.10. The smallest absolute Gasteiger partial charge is 0.158 e. The van der Waals surface area contributed by atoms with Gasteiger partial charge in [0.15, 0.2) is 5.65 Å². The van der Waals surface area contributed by atoms with Crippen molar-refractivity contribution in [1.29, 1.82) is 0 Å². The van der Waals surface area contributed by atoms with Gasteiger partial charge < -0.3 is 0 Å². The topological polar surface area (TPSA) is 43.1 Å². The SMILES string of the molecule is CC(C)c1ncn2nccc2n1. The third-order valence-corrected chi connectivity index (χ3v) is 1.69. The molecule has 0 aliphatic rings. The van der Waals surface area contributed by atoms with Gasteiger partial charge in [0, 0.05) is 12.0 Å². The van der Waals surface area contributed by atoms with E-state index in [2.05, 4.69) is 28.9 Å². The lowest BCUT2D eigenvalue weighted by molar-refractivity contribution is 0.749. The molecule has 2 rings (SSSR count). The van der Waals surface area contributed by atoms with Crippen LogP contribution in [0.25, 0.3) is 5.65 Å². The molecule has 0 saturated carbocycles. The molecule has 2 aromatic heterocycles. The molecule has 0 aliphatic carbocycles. The van der Waals surface area contributed by atoms with Crippen molar-refractivity contribution in [2.75, 3.05) is 0 Å². The highest BCUT2D eigenvalue weighted by Crippen LogP contribution is 2.08. The lowest BCUT2D eigenvalue weighted by Crippen LogP contribution is -2.00. The van der Waals surface area contributed by atoms with Crippen molar-refractivity contribution < 1.29 is 0 Å². The summed E-state index contributed by atoms with van der Waals surface area (Å²) in [5.74, 6) is 1.23. The van der Waals surface area contributed by atoms with Crippen molar-refractivity contribution in [3.63, 3.8) is 0 Å². The fraction of sp³-hybridized carbons (Fsp3) is 0.375. The second kappa shape index (κ2) is 2.55. The van der Waals surface area contributed by atoms with E-state index in [9.17, 15) is 0 Å². The Balaban J connectivity index is 2.60. The van der Waals surface area contributed by atoms with E-state index < -0.39 is 0 Å². The van der Waals surface area contributed by atoms with Crippen LogP contribution in [0.15, 0.2) is 18.6 Å². The summed E-state index contributed by atoms with van der Waals surface area (Å²) in [6.45, 7) is 4.14. The second-order valence-electron chi connectivity index (χ2n) is 3.00. The molecule has 0 aromatic carbocycles. The van der Waals surface area contributed by atoms with E-state index in [0.717, 1.165) is 11.5 Å². The Morgan fingerprint density at radius 3 is 3.00 bits per heavy atom. The number of hydrogen-bond acceptors (Lipinski definition) is 3. The molecule has 0 unspecified atom stereocenters. The molecular weight excluding hydrogens is 152 g/mol. The van der Waals surface area contributed by atoms with Gasteiger partial charge in [-0.1, -0.05) is 13.8 Å². The summed E-state index contributed by atoms with van der Waals surface area (Å²) >= 11 is 0. The van der Waals surface area contributed by atoms with Crippen LogP contribution in [-0.2, 0) is 0 Å². The monoisotopic (exact) mass is 162 g/mol. The maximum absolute atomic E-state index is 4.32. The molecule has 4 nitrogen and oxygen atoms in total. The predicted molar refractivity (Wildman–Crippen MR) is 44.9 cm³/mol. The molecule has 0 aliphatic heterocycles. The first-order valence-electron chi connectivity index (χ1n) is 3.93. The third-order valence-electron chi connectivity index (χ3n) is 1.69. The minimum atomic E-state index is 0.366. The number of hydrogen-bond donors (Lipinski definition) is 0. The van der Waals surface area contributed by atoms with Crippen molar-refractivity contribution in [3.8, 4) is 0 Å². The van der Waals surface area contributed by atoms with Gasteiger partial charge in [0.1, 0.15) is 12.2 Å². The van der Waals surface area contributed by atoms with Crippen LogP contribution in [0.5, 0.6) is 0 Å². The first-order chi connectivity index (χ1) is 5.77. The molecule has 0 N–H and O–H groups in total. The maximum Gasteiger partial charge on any atom is 0.158 e. The van der Waals surface area contributed by atoms with Crippen molar-refractivity contribution in [2.45, 2.75) is 19.8 Å². The normalized spacial score (nSPS) is 11.2. The largest absolute Gasteiger partial charge is 0.221 e. The van der Waals surface area contributed by atoms with Crippen LogP contribution in [-0.4, -0.2) is 19.6 Å². The van der Waals surface area contributed by atoms with Gasteiger partial charge in [-0.05, 0) is 0 Å². The van der Waals surface area contributed by atoms with Gasteiger partial charge in [0.05, 0.1) is 6.20 Å². The number of nitrogens with zero attached hydrogens (tertiary/aromatic N) is 4. The molecule has 12 heavy (non-hydrogen) atoms. The van der Waals surface area contributed by atoms with Crippen LogP contribution in [0, 0.1) is 0 Å². The Hall–Kier alpha value is -1.45. The summed E-state index contributed by atoms with van der Waals surface area (Å²) in [6, 6.07) is 1.87. The summed E-state index contributed by atoms with van der Waals surface area (Å²) < 4.78 is 1.66. The molecule has 0 saturated heterocycles. The van der Waals surface area contributed by atoms with Gasteiger partial charge in [-0.2, -0.15) is 5.10 Å². The molecule has 0 bridgehead atoms. The zero-order valence-electron chi connectivity index (χ0n) is 7.10. The molecular formula is C8H10N4. The van der Waals surface area contributed by atoms with E-state index in [-0.39, 0.29) is 0 Å². The van der Waals surface area contributed by atoms with E-state index in [1.807, 2.05) is 6.07 Å². The molecule has 4 heteroatoms. The summed E-state index contributed by atoms with van der Waals surface area (Å²) in [5, 5.41) is 4.01.